The van der Waals surface area contributed by atoms with E-state index in [9.17, 15) is 4.79 Å². The Hall–Kier alpha value is -1.36. The summed E-state index contributed by atoms with van der Waals surface area (Å²) in [6, 6.07) is 0. The standard InChI is InChI=1S/C8H11N3O2/c9-8(12)7-5-2-1-3-13-4-6(5)10-11-7/h1-4H2,(H2,9,12)(H,10,11). The van der Waals surface area contributed by atoms with Crippen LogP contribution in [0.1, 0.15) is 28.2 Å². The van der Waals surface area contributed by atoms with Crippen LogP contribution >= 0.6 is 0 Å². The fraction of sp³-hybridized carbons (Fsp3) is 0.500. The monoisotopic (exact) mass is 181 g/mol. The number of primary amides is 1. The van der Waals surface area contributed by atoms with Gasteiger partial charge in [-0.1, -0.05) is 0 Å². The number of amides is 1. The molecular formula is C8H11N3O2. The summed E-state index contributed by atoms with van der Waals surface area (Å²) in [6.07, 6.45) is 1.72. The smallest absolute Gasteiger partial charge is 0.269 e. The van der Waals surface area contributed by atoms with Crippen LogP contribution in [0.4, 0.5) is 0 Å². The van der Waals surface area contributed by atoms with Crippen molar-refractivity contribution in [1.82, 2.24) is 10.2 Å². The Morgan fingerprint density at radius 3 is 3.23 bits per heavy atom. The van der Waals surface area contributed by atoms with Crippen molar-refractivity contribution in [2.24, 2.45) is 5.73 Å². The van der Waals surface area contributed by atoms with Gasteiger partial charge in [0.25, 0.3) is 5.91 Å². The van der Waals surface area contributed by atoms with E-state index in [1.165, 1.54) is 0 Å². The zero-order valence-electron chi connectivity index (χ0n) is 7.17. The topological polar surface area (TPSA) is 81.0 Å². The molecule has 3 N–H and O–H groups in total. The van der Waals surface area contributed by atoms with Gasteiger partial charge in [0.1, 0.15) is 0 Å². The molecule has 2 heterocycles. The average Bonchev–Trinajstić information content (AvgIpc) is 2.36. The Kier molecular flexibility index (Phi) is 2.02. The number of aromatic nitrogens is 2. The van der Waals surface area contributed by atoms with Crippen LogP contribution in [0.2, 0.25) is 0 Å². The number of carbonyl (C=O) groups excluding carboxylic acids is 1. The first kappa shape index (κ1) is 8.25. The van der Waals surface area contributed by atoms with E-state index in [0.717, 1.165) is 30.7 Å². The Balaban J connectivity index is 2.39. The number of carbonyl (C=O) groups is 1. The fourth-order valence-electron chi connectivity index (χ4n) is 1.52. The molecule has 0 aromatic carbocycles. The lowest BCUT2D eigenvalue weighted by molar-refractivity contribution is 0.0994. The molecule has 0 unspecified atom stereocenters. The first-order chi connectivity index (χ1) is 6.29. The van der Waals surface area contributed by atoms with E-state index in [1.54, 1.807) is 0 Å². The maximum absolute atomic E-state index is 10.9. The maximum Gasteiger partial charge on any atom is 0.269 e. The van der Waals surface area contributed by atoms with Crippen LogP contribution in [0.25, 0.3) is 0 Å². The normalized spacial score (nSPS) is 16.3. The highest BCUT2D eigenvalue weighted by Crippen LogP contribution is 2.17. The van der Waals surface area contributed by atoms with Crippen LogP contribution in [0.15, 0.2) is 0 Å². The number of H-pyrrole nitrogens is 1. The van der Waals surface area contributed by atoms with E-state index in [-0.39, 0.29) is 0 Å². The number of hydrogen-bond acceptors (Lipinski definition) is 3. The fourth-order valence-corrected chi connectivity index (χ4v) is 1.52. The van der Waals surface area contributed by atoms with Crippen LogP contribution in [0.3, 0.4) is 0 Å². The molecule has 0 bridgehead atoms. The number of hydrogen-bond donors (Lipinski definition) is 2. The zero-order valence-corrected chi connectivity index (χ0v) is 7.17. The van der Waals surface area contributed by atoms with Crippen LogP contribution in [0.5, 0.6) is 0 Å². The van der Waals surface area contributed by atoms with Gasteiger partial charge in [0.2, 0.25) is 0 Å². The molecule has 0 fully saturated rings. The Morgan fingerprint density at radius 2 is 2.46 bits per heavy atom. The van der Waals surface area contributed by atoms with Gasteiger partial charge < -0.3 is 10.5 Å². The summed E-state index contributed by atoms with van der Waals surface area (Å²) in [5.41, 5.74) is 7.33. The van der Waals surface area contributed by atoms with Gasteiger partial charge in [0.15, 0.2) is 5.69 Å². The van der Waals surface area contributed by atoms with Gasteiger partial charge >= 0.3 is 0 Å². The van der Waals surface area contributed by atoms with Crippen LogP contribution in [-0.2, 0) is 17.8 Å². The van der Waals surface area contributed by atoms with E-state index in [1.807, 2.05) is 0 Å². The van der Waals surface area contributed by atoms with Crippen molar-refractivity contribution in [3.05, 3.63) is 17.0 Å². The van der Waals surface area contributed by atoms with Crippen LogP contribution in [-0.4, -0.2) is 22.7 Å². The average molecular weight is 181 g/mol. The molecule has 0 aliphatic carbocycles. The second kappa shape index (κ2) is 3.18. The molecule has 1 aromatic heterocycles. The molecule has 0 spiro atoms. The summed E-state index contributed by atoms with van der Waals surface area (Å²) in [7, 11) is 0. The van der Waals surface area contributed by atoms with Crippen molar-refractivity contribution in [3.63, 3.8) is 0 Å². The third-order valence-electron chi connectivity index (χ3n) is 2.15. The van der Waals surface area contributed by atoms with Crippen molar-refractivity contribution in [2.75, 3.05) is 6.61 Å². The summed E-state index contributed by atoms with van der Waals surface area (Å²) in [6.45, 7) is 1.22. The van der Waals surface area contributed by atoms with Gasteiger partial charge in [-0.05, 0) is 12.8 Å². The number of nitrogens with one attached hydrogen (secondary N) is 1. The molecule has 1 amide bonds. The van der Waals surface area contributed by atoms with Crippen molar-refractivity contribution in [1.29, 1.82) is 0 Å². The zero-order chi connectivity index (χ0) is 9.26. The number of nitrogens with zero attached hydrogens (tertiary/aromatic N) is 1. The number of rotatable bonds is 1. The highest BCUT2D eigenvalue weighted by atomic mass is 16.5. The molecule has 0 saturated carbocycles. The van der Waals surface area contributed by atoms with Crippen molar-refractivity contribution < 1.29 is 9.53 Å². The van der Waals surface area contributed by atoms with Gasteiger partial charge in [-0.15, -0.1) is 0 Å². The molecule has 13 heavy (non-hydrogen) atoms. The Labute approximate surface area is 75.3 Å². The summed E-state index contributed by atoms with van der Waals surface area (Å²) in [5.74, 6) is -0.473. The lowest BCUT2D eigenvalue weighted by atomic mass is 10.1. The minimum Gasteiger partial charge on any atom is -0.375 e. The molecule has 70 valence electrons. The Morgan fingerprint density at radius 1 is 1.62 bits per heavy atom. The van der Waals surface area contributed by atoms with E-state index >= 15 is 0 Å². The highest BCUT2D eigenvalue weighted by molar-refractivity contribution is 5.92. The van der Waals surface area contributed by atoms with Gasteiger partial charge in [-0.2, -0.15) is 5.10 Å². The summed E-state index contributed by atoms with van der Waals surface area (Å²) in [5, 5.41) is 6.63. The third-order valence-corrected chi connectivity index (χ3v) is 2.15. The number of fused-ring (bicyclic) bond motifs is 1. The van der Waals surface area contributed by atoms with Crippen molar-refractivity contribution in [3.8, 4) is 0 Å². The molecule has 5 heteroatoms. The van der Waals surface area contributed by atoms with Gasteiger partial charge in [0.05, 0.1) is 12.3 Å². The molecule has 1 aromatic rings. The maximum atomic E-state index is 10.9. The lowest BCUT2D eigenvalue weighted by Gasteiger charge is -1.95. The van der Waals surface area contributed by atoms with Crippen LogP contribution in [0, 0.1) is 0 Å². The number of ether oxygens (including phenoxy) is 1. The molecule has 2 rings (SSSR count). The minimum absolute atomic E-state index is 0.362. The minimum atomic E-state index is -0.473. The quantitative estimate of drug-likeness (QED) is 0.638. The van der Waals surface area contributed by atoms with Crippen molar-refractivity contribution in [2.45, 2.75) is 19.4 Å². The molecule has 1 aliphatic rings. The van der Waals surface area contributed by atoms with Gasteiger partial charge in [0, 0.05) is 12.2 Å². The molecule has 5 nitrogen and oxygen atoms in total. The summed E-state index contributed by atoms with van der Waals surface area (Å²) >= 11 is 0. The third kappa shape index (κ3) is 1.42. The predicted molar refractivity (Wildman–Crippen MR) is 45.1 cm³/mol. The highest BCUT2D eigenvalue weighted by Gasteiger charge is 2.18. The van der Waals surface area contributed by atoms with Crippen molar-refractivity contribution >= 4 is 5.91 Å². The van der Waals surface area contributed by atoms with E-state index in [0.29, 0.717) is 12.3 Å². The van der Waals surface area contributed by atoms with E-state index in [2.05, 4.69) is 10.2 Å². The SMILES string of the molecule is NC(=O)c1n[nH]c2c1CCCOC2. The van der Waals surface area contributed by atoms with Gasteiger partial charge in [-0.3, -0.25) is 9.89 Å². The molecule has 0 atom stereocenters. The van der Waals surface area contributed by atoms with E-state index in [4.69, 9.17) is 10.5 Å². The van der Waals surface area contributed by atoms with Gasteiger partial charge in [-0.25, -0.2) is 0 Å². The molecule has 0 radical (unpaired) electrons. The van der Waals surface area contributed by atoms with E-state index < -0.39 is 5.91 Å². The predicted octanol–water partition coefficient (Wildman–Crippen LogP) is -0.0286. The first-order valence-electron chi connectivity index (χ1n) is 4.22. The lowest BCUT2D eigenvalue weighted by Crippen LogP contribution is -2.14. The summed E-state index contributed by atoms with van der Waals surface area (Å²) in [4.78, 5) is 10.9. The number of aromatic amines is 1. The molecular weight excluding hydrogens is 170 g/mol. The second-order valence-corrected chi connectivity index (χ2v) is 3.05. The second-order valence-electron chi connectivity index (χ2n) is 3.05. The number of nitrogens with two attached hydrogens (primary N) is 1. The largest absolute Gasteiger partial charge is 0.375 e. The molecule has 1 aliphatic heterocycles. The Bertz CT molecular complexity index is 332. The van der Waals surface area contributed by atoms with Crippen LogP contribution < -0.4 is 5.73 Å². The summed E-state index contributed by atoms with van der Waals surface area (Å²) < 4.78 is 5.29. The first-order valence-corrected chi connectivity index (χ1v) is 4.22. The molecule has 0 saturated heterocycles.